The van der Waals surface area contributed by atoms with Gasteiger partial charge in [0.15, 0.2) is 18.4 Å². The maximum atomic E-state index is 9.67. The van der Waals surface area contributed by atoms with E-state index < -0.39 is 12.6 Å². The van der Waals surface area contributed by atoms with Crippen LogP contribution in [0.5, 0.6) is 0 Å². The second-order valence-corrected chi connectivity index (χ2v) is 3.14. The summed E-state index contributed by atoms with van der Waals surface area (Å²) in [6.07, 6.45) is -0.175. The van der Waals surface area contributed by atoms with E-state index in [0.29, 0.717) is 11.5 Å². The molecule has 2 heterocycles. The summed E-state index contributed by atoms with van der Waals surface area (Å²) < 4.78 is 0. The van der Waals surface area contributed by atoms with Gasteiger partial charge in [0.1, 0.15) is 5.69 Å². The van der Waals surface area contributed by atoms with Crippen molar-refractivity contribution < 1.29 is 10.2 Å². The average Bonchev–Trinajstić information content (AvgIpc) is 2.59. The minimum Gasteiger partial charge on any atom is -0.372 e. The number of anilines is 1. The SMILES string of the molecule is CN1c2nc[nH]c2C(O)N(C)C1O. The monoisotopic (exact) mass is 184 g/mol. The number of imidazole rings is 1. The Labute approximate surface area is 75.4 Å². The Bertz CT molecular complexity index is 285. The minimum absolute atomic E-state index is 0.582. The first-order chi connectivity index (χ1) is 6.13. The summed E-state index contributed by atoms with van der Waals surface area (Å²) in [5.74, 6) is 0.582. The number of aromatic nitrogens is 2. The van der Waals surface area contributed by atoms with E-state index in [2.05, 4.69) is 9.97 Å². The second kappa shape index (κ2) is 2.69. The molecule has 72 valence electrons. The lowest BCUT2D eigenvalue weighted by Crippen LogP contribution is -2.50. The normalized spacial score (nSPS) is 29.1. The molecule has 0 spiro atoms. The molecule has 0 bridgehead atoms. The zero-order valence-corrected chi connectivity index (χ0v) is 7.47. The highest BCUT2D eigenvalue weighted by atomic mass is 16.3. The highest BCUT2D eigenvalue weighted by Crippen LogP contribution is 2.31. The molecule has 0 radical (unpaired) electrons. The molecule has 6 nitrogen and oxygen atoms in total. The van der Waals surface area contributed by atoms with Crippen LogP contribution in [0.1, 0.15) is 11.9 Å². The van der Waals surface area contributed by atoms with Crippen LogP contribution in [-0.2, 0) is 0 Å². The predicted molar refractivity (Wildman–Crippen MR) is 45.7 cm³/mol. The minimum atomic E-state index is -0.842. The van der Waals surface area contributed by atoms with E-state index in [1.807, 2.05) is 0 Å². The molecule has 1 aromatic rings. The number of aromatic amines is 1. The van der Waals surface area contributed by atoms with Crippen molar-refractivity contribution in [1.82, 2.24) is 14.9 Å². The fourth-order valence-electron chi connectivity index (χ4n) is 1.48. The van der Waals surface area contributed by atoms with Crippen molar-refractivity contribution in [1.29, 1.82) is 0 Å². The number of hydrogen-bond donors (Lipinski definition) is 3. The van der Waals surface area contributed by atoms with Crippen LogP contribution in [-0.4, -0.2) is 45.5 Å². The van der Waals surface area contributed by atoms with E-state index in [4.69, 9.17) is 0 Å². The van der Waals surface area contributed by atoms with Crippen molar-refractivity contribution in [3.63, 3.8) is 0 Å². The van der Waals surface area contributed by atoms with Crippen LogP contribution in [0, 0.1) is 0 Å². The highest BCUT2D eigenvalue weighted by molar-refractivity contribution is 5.46. The predicted octanol–water partition coefficient (Wildman–Crippen LogP) is -0.942. The number of fused-ring (bicyclic) bond motifs is 1. The van der Waals surface area contributed by atoms with Gasteiger partial charge in [0.05, 0.1) is 6.33 Å². The van der Waals surface area contributed by atoms with Gasteiger partial charge in [0, 0.05) is 7.05 Å². The Morgan fingerprint density at radius 3 is 2.85 bits per heavy atom. The van der Waals surface area contributed by atoms with E-state index in [0.717, 1.165) is 0 Å². The molecule has 2 atom stereocenters. The van der Waals surface area contributed by atoms with Crippen molar-refractivity contribution in [2.45, 2.75) is 12.6 Å². The molecule has 0 saturated heterocycles. The van der Waals surface area contributed by atoms with E-state index in [1.165, 1.54) is 11.2 Å². The third-order valence-electron chi connectivity index (χ3n) is 2.34. The van der Waals surface area contributed by atoms with E-state index >= 15 is 0 Å². The van der Waals surface area contributed by atoms with Crippen LogP contribution in [0.2, 0.25) is 0 Å². The molecular formula is C7H12N4O2. The fraction of sp³-hybridized carbons (Fsp3) is 0.571. The molecule has 0 aliphatic carbocycles. The lowest BCUT2D eigenvalue weighted by molar-refractivity contribution is -0.0964. The van der Waals surface area contributed by atoms with E-state index in [9.17, 15) is 10.2 Å². The van der Waals surface area contributed by atoms with E-state index in [1.54, 1.807) is 19.0 Å². The molecule has 6 heteroatoms. The number of H-pyrrole nitrogens is 1. The summed E-state index contributed by atoms with van der Waals surface area (Å²) in [6.45, 7) is 0. The molecule has 0 aromatic carbocycles. The van der Waals surface area contributed by atoms with Gasteiger partial charge in [0.25, 0.3) is 0 Å². The lowest BCUT2D eigenvalue weighted by Gasteiger charge is -2.39. The Balaban J connectivity index is 2.46. The summed E-state index contributed by atoms with van der Waals surface area (Å²) in [4.78, 5) is 9.84. The Morgan fingerprint density at radius 2 is 2.15 bits per heavy atom. The Kier molecular flexibility index (Phi) is 1.76. The smallest absolute Gasteiger partial charge is 0.189 e. The molecule has 1 aromatic heterocycles. The standard InChI is InChI=1S/C7H12N4O2/c1-10-5-4(8-3-9-5)6(12)11(2)7(10)13/h3,6-7,12-13H,1-2H3,(H,8,9). The third-order valence-corrected chi connectivity index (χ3v) is 2.34. The zero-order chi connectivity index (χ0) is 9.59. The quantitative estimate of drug-likeness (QED) is 0.485. The highest BCUT2D eigenvalue weighted by Gasteiger charge is 2.34. The molecular weight excluding hydrogens is 172 g/mol. The van der Waals surface area contributed by atoms with E-state index in [-0.39, 0.29) is 0 Å². The summed E-state index contributed by atoms with van der Waals surface area (Å²) in [5, 5.41) is 19.3. The summed E-state index contributed by atoms with van der Waals surface area (Å²) in [5.41, 5.74) is 0.607. The van der Waals surface area contributed by atoms with Crippen LogP contribution in [0.25, 0.3) is 0 Å². The van der Waals surface area contributed by atoms with Crippen molar-refractivity contribution in [2.24, 2.45) is 0 Å². The van der Waals surface area contributed by atoms with Crippen molar-refractivity contribution in [2.75, 3.05) is 19.0 Å². The summed E-state index contributed by atoms with van der Waals surface area (Å²) >= 11 is 0. The van der Waals surface area contributed by atoms with Crippen LogP contribution < -0.4 is 4.90 Å². The number of nitrogens with one attached hydrogen (secondary N) is 1. The van der Waals surface area contributed by atoms with Gasteiger partial charge in [-0.1, -0.05) is 0 Å². The van der Waals surface area contributed by atoms with Gasteiger partial charge >= 0.3 is 0 Å². The molecule has 0 saturated carbocycles. The summed E-state index contributed by atoms with van der Waals surface area (Å²) in [6, 6.07) is 0. The molecule has 13 heavy (non-hydrogen) atoms. The molecule has 0 amide bonds. The molecule has 1 aliphatic heterocycles. The van der Waals surface area contributed by atoms with Crippen molar-refractivity contribution >= 4 is 5.82 Å². The van der Waals surface area contributed by atoms with Crippen molar-refractivity contribution in [3.05, 3.63) is 12.0 Å². The first-order valence-electron chi connectivity index (χ1n) is 3.97. The number of hydrogen-bond acceptors (Lipinski definition) is 5. The molecule has 0 fully saturated rings. The van der Waals surface area contributed by atoms with Gasteiger partial charge in [-0.25, -0.2) is 9.88 Å². The Morgan fingerprint density at radius 1 is 1.46 bits per heavy atom. The zero-order valence-electron chi connectivity index (χ0n) is 7.47. The number of nitrogens with zero attached hydrogens (tertiary/aromatic N) is 3. The van der Waals surface area contributed by atoms with Gasteiger partial charge in [0.2, 0.25) is 0 Å². The Hall–Kier alpha value is -1.11. The average molecular weight is 184 g/mol. The van der Waals surface area contributed by atoms with Gasteiger partial charge in [-0.3, -0.25) is 0 Å². The summed E-state index contributed by atoms with van der Waals surface area (Å²) in [7, 11) is 3.35. The molecule has 2 rings (SSSR count). The number of rotatable bonds is 0. The largest absolute Gasteiger partial charge is 0.372 e. The van der Waals surface area contributed by atoms with Crippen molar-refractivity contribution in [3.8, 4) is 0 Å². The van der Waals surface area contributed by atoms with Gasteiger partial charge < -0.3 is 20.1 Å². The number of aliphatic hydroxyl groups excluding tert-OH is 2. The van der Waals surface area contributed by atoms with Gasteiger partial charge in [-0.05, 0) is 7.05 Å². The topological polar surface area (TPSA) is 75.6 Å². The molecule has 3 N–H and O–H groups in total. The first kappa shape index (κ1) is 8.49. The molecule has 1 aliphatic rings. The van der Waals surface area contributed by atoms with Crippen LogP contribution >= 0.6 is 0 Å². The second-order valence-electron chi connectivity index (χ2n) is 3.14. The first-order valence-corrected chi connectivity index (χ1v) is 3.97. The number of aliphatic hydroxyl groups is 2. The maximum Gasteiger partial charge on any atom is 0.189 e. The van der Waals surface area contributed by atoms with Gasteiger partial charge in [-0.2, -0.15) is 0 Å². The maximum absolute atomic E-state index is 9.67. The lowest BCUT2D eigenvalue weighted by atomic mass is 10.3. The fourth-order valence-corrected chi connectivity index (χ4v) is 1.48. The van der Waals surface area contributed by atoms with Crippen LogP contribution in [0.4, 0.5) is 5.82 Å². The third kappa shape index (κ3) is 1.03. The van der Waals surface area contributed by atoms with Gasteiger partial charge in [-0.15, -0.1) is 0 Å². The molecule has 2 unspecified atom stereocenters. The van der Waals surface area contributed by atoms with Crippen LogP contribution in [0.15, 0.2) is 6.33 Å². The van der Waals surface area contributed by atoms with Crippen LogP contribution in [0.3, 0.4) is 0 Å².